The van der Waals surface area contributed by atoms with Gasteiger partial charge in [0.2, 0.25) is 23.0 Å². The third kappa shape index (κ3) is 6.78. The van der Waals surface area contributed by atoms with Crippen LogP contribution < -0.4 is 35.6 Å². The molecule has 48 heavy (non-hydrogen) atoms. The average Bonchev–Trinajstić information content (AvgIpc) is 3.35. The normalized spacial score (nSPS) is 14.8. The van der Waals surface area contributed by atoms with Crippen LogP contribution in [-0.2, 0) is 32.0 Å². The maximum Gasteiger partial charge on any atom is 0.328 e. The Bertz CT molecular complexity index is 1920. The van der Waals surface area contributed by atoms with Crippen molar-refractivity contribution < 1.29 is 33.3 Å². The van der Waals surface area contributed by atoms with Gasteiger partial charge >= 0.3 is 5.97 Å². The fourth-order valence-electron chi connectivity index (χ4n) is 6.28. The summed E-state index contributed by atoms with van der Waals surface area (Å²) in [6.45, 7) is 3.03. The Morgan fingerprint density at radius 3 is 2.42 bits per heavy atom. The van der Waals surface area contributed by atoms with Crippen LogP contribution in [0.3, 0.4) is 0 Å². The van der Waals surface area contributed by atoms with Crippen molar-refractivity contribution >= 4 is 34.4 Å². The average molecular weight is 657 g/mol. The number of carbonyl (C=O) groups excluding carboxylic acids is 3. The minimum absolute atomic E-state index is 0.152. The molecule has 4 aromatic rings. The molecule has 0 spiro atoms. The Balaban J connectivity index is 1.48. The lowest BCUT2D eigenvalue weighted by molar-refractivity contribution is -0.145. The van der Waals surface area contributed by atoms with Gasteiger partial charge in [-0.1, -0.05) is 24.3 Å². The molecule has 1 aromatic heterocycles. The zero-order valence-electron chi connectivity index (χ0n) is 27.8. The highest BCUT2D eigenvalue weighted by atomic mass is 16.5. The van der Waals surface area contributed by atoms with Gasteiger partial charge in [0, 0.05) is 36.0 Å². The lowest BCUT2D eigenvalue weighted by atomic mass is 9.95. The molecule has 0 radical (unpaired) electrons. The Kier molecular flexibility index (Phi) is 10.2. The molecular formula is C36H40N4O8. The van der Waals surface area contributed by atoms with Crippen LogP contribution in [0.1, 0.15) is 43.0 Å². The number of carbonyl (C=O) groups is 3. The molecule has 2 amide bonds. The molecule has 3 aromatic carbocycles. The van der Waals surface area contributed by atoms with Crippen LogP contribution in [-0.4, -0.2) is 63.3 Å². The number of esters is 1. The zero-order valence-corrected chi connectivity index (χ0v) is 27.8. The number of aromatic nitrogens is 1. The van der Waals surface area contributed by atoms with Crippen LogP contribution in [0.4, 0.5) is 5.69 Å². The Morgan fingerprint density at radius 2 is 1.73 bits per heavy atom. The van der Waals surface area contributed by atoms with E-state index in [9.17, 15) is 19.2 Å². The summed E-state index contributed by atoms with van der Waals surface area (Å²) in [4.78, 5) is 55.3. The number of hydrogen-bond acceptors (Lipinski definition) is 9. The van der Waals surface area contributed by atoms with Gasteiger partial charge in [-0.25, -0.2) is 4.79 Å². The summed E-state index contributed by atoms with van der Waals surface area (Å²) >= 11 is 0. The van der Waals surface area contributed by atoms with Crippen molar-refractivity contribution in [2.45, 2.75) is 51.2 Å². The van der Waals surface area contributed by atoms with Crippen LogP contribution >= 0.6 is 0 Å². The molecule has 12 nitrogen and oxygen atoms in total. The minimum atomic E-state index is -0.963. The van der Waals surface area contributed by atoms with E-state index in [0.717, 1.165) is 22.0 Å². The number of anilines is 1. The van der Waals surface area contributed by atoms with Crippen LogP contribution in [0.2, 0.25) is 0 Å². The van der Waals surface area contributed by atoms with Crippen molar-refractivity contribution in [3.8, 4) is 28.4 Å². The molecule has 1 aliphatic rings. The van der Waals surface area contributed by atoms with Gasteiger partial charge in [0.15, 0.2) is 11.5 Å². The fraction of sp³-hybridized carbons (Fsp3) is 0.333. The number of amides is 2. The number of para-hydroxylation sites is 1. The third-order valence-corrected chi connectivity index (χ3v) is 8.58. The van der Waals surface area contributed by atoms with Crippen LogP contribution in [0.15, 0.2) is 59.5 Å². The molecule has 1 heterocycles. The topological polar surface area (TPSA) is 157 Å². The number of rotatable bonds is 11. The SMILES string of the molecule is COC(=O)C(Cc1c[nH]c2ccccc12)NC(=O)C(C)Nc1ccc2c(cc1=O)C(NC(C)=O)CCc1cc(OC)c(OC)c(OC)c1-2. The summed E-state index contributed by atoms with van der Waals surface area (Å²) in [5.41, 5.74) is 4.37. The summed E-state index contributed by atoms with van der Waals surface area (Å²) in [7, 11) is 5.86. The highest BCUT2D eigenvalue weighted by Crippen LogP contribution is 2.50. The first kappa shape index (κ1) is 33.8. The molecule has 4 N–H and O–H groups in total. The van der Waals surface area contributed by atoms with Gasteiger partial charge in [-0.15, -0.1) is 0 Å². The summed E-state index contributed by atoms with van der Waals surface area (Å²) in [5.74, 6) is -0.0138. The highest BCUT2D eigenvalue weighted by Gasteiger charge is 2.30. The van der Waals surface area contributed by atoms with Crippen molar-refractivity contribution in [2.75, 3.05) is 33.8 Å². The highest BCUT2D eigenvalue weighted by molar-refractivity contribution is 5.90. The second-order valence-corrected chi connectivity index (χ2v) is 11.6. The van der Waals surface area contributed by atoms with E-state index in [1.807, 2.05) is 30.3 Å². The number of benzene rings is 2. The molecule has 0 saturated carbocycles. The van der Waals surface area contributed by atoms with Crippen molar-refractivity contribution in [3.63, 3.8) is 0 Å². The second-order valence-electron chi connectivity index (χ2n) is 11.6. The molecule has 0 bridgehead atoms. The molecule has 0 aliphatic heterocycles. The molecule has 3 atom stereocenters. The Labute approximate surface area is 278 Å². The molecule has 3 unspecified atom stereocenters. The molecule has 12 heteroatoms. The van der Waals surface area contributed by atoms with Crippen molar-refractivity contribution in [1.82, 2.24) is 15.6 Å². The van der Waals surface area contributed by atoms with Gasteiger partial charge in [0.25, 0.3) is 0 Å². The summed E-state index contributed by atoms with van der Waals surface area (Å²) in [5, 5.41) is 9.72. The maximum atomic E-state index is 13.7. The second kappa shape index (κ2) is 14.5. The molecule has 0 fully saturated rings. The number of aromatic amines is 1. The van der Waals surface area contributed by atoms with Gasteiger partial charge in [0.1, 0.15) is 12.1 Å². The first-order valence-corrected chi connectivity index (χ1v) is 15.6. The molecule has 0 saturated heterocycles. The van der Waals surface area contributed by atoms with Crippen LogP contribution in [0, 0.1) is 0 Å². The summed E-state index contributed by atoms with van der Waals surface area (Å²) < 4.78 is 22.1. The molecular weight excluding hydrogens is 616 g/mol. The Morgan fingerprint density at radius 1 is 0.979 bits per heavy atom. The van der Waals surface area contributed by atoms with E-state index >= 15 is 0 Å². The fourth-order valence-corrected chi connectivity index (χ4v) is 6.28. The summed E-state index contributed by atoms with van der Waals surface area (Å²) in [6.07, 6.45) is 3.08. The van der Waals surface area contributed by atoms with Gasteiger partial charge in [-0.05, 0) is 66.3 Å². The van der Waals surface area contributed by atoms with Gasteiger partial charge < -0.3 is 39.9 Å². The van der Waals surface area contributed by atoms with Gasteiger partial charge in [-0.2, -0.15) is 0 Å². The smallest absolute Gasteiger partial charge is 0.328 e. The first-order valence-electron chi connectivity index (χ1n) is 15.6. The van der Waals surface area contributed by atoms with Crippen molar-refractivity contribution in [3.05, 3.63) is 81.6 Å². The predicted octanol–water partition coefficient (Wildman–Crippen LogP) is 4.05. The maximum absolute atomic E-state index is 13.7. The van der Waals surface area contributed by atoms with Gasteiger partial charge in [-0.3, -0.25) is 14.4 Å². The number of nitrogens with one attached hydrogen (secondary N) is 4. The third-order valence-electron chi connectivity index (χ3n) is 8.58. The summed E-state index contributed by atoms with van der Waals surface area (Å²) in [6, 6.07) is 12.0. The van der Waals surface area contributed by atoms with E-state index in [4.69, 9.17) is 18.9 Å². The van der Waals surface area contributed by atoms with E-state index in [1.165, 1.54) is 34.3 Å². The Hall–Kier alpha value is -5.52. The van der Waals surface area contributed by atoms with Crippen LogP contribution in [0.25, 0.3) is 22.0 Å². The van der Waals surface area contributed by atoms with Gasteiger partial charge in [0.05, 0.1) is 40.2 Å². The lowest BCUT2D eigenvalue weighted by Gasteiger charge is -2.20. The van der Waals surface area contributed by atoms with E-state index in [2.05, 4.69) is 20.9 Å². The molecule has 5 rings (SSSR count). The monoisotopic (exact) mass is 656 g/mol. The van der Waals surface area contributed by atoms with Crippen LogP contribution in [0.5, 0.6) is 17.2 Å². The van der Waals surface area contributed by atoms with E-state index in [1.54, 1.807) is 32.4 Å². The lowest BCUT2D eigenvalue weighted by Crippen LogP contribution is -2.48. The first-order chi connectivity index (χ1) is 23.1. The number of hydrogen-bond donors (Lipinski definition) is 4. The number of aryl methyl sites for hydroxylation is 1. The molecule has 1 aliphatic carbocycles. The minimum Gasteiger partial charge on any atom is -0.493 e. The zero-order chi connectivity index (χ0) is 34.5. The van der Waals surface area contributed by atoms with Crippen molar-refractivity contribution in [2.24, 2.45) is 0 Å². The van der Waals surface area contributed by atoms with E-state index in [-0.39, 0.29) is 18.0 Å². The number of ether oxygens (including phenoxy) is 4. The quantitative estimate of drug-likeness (QED) is 0.175. The number of fused-ring (bicyclic) bond motifs is 4. The number of methoxy groups -OCH3 is 4. The predicted molar refractivity (Wildman–Crippen MR) is 182 cm³/mol. The molecule has 252 valence electrons. The largest absolute Gasteiger partial charge is 0.493 e. The van der Waals surface area contributed by atoms with Crippen molar-refractivity contribution in [1.29, 1.82) is 0 Å². The van der Waals surface area contributed by atoms with E-state index < -0.39 is 35.4 Å². The standard InChI is InChI=1S/C36H40N4O8/c1-19(35(43)40-29(36(44)48-6)15-22-18-37-26-10-8-7-9-23(22)26)38-28-14-12-24-25(17-30(28)42)27(39-20(2)41)13-11-21-16-31(45-3)33(46-4)34(47-5)32(21)24/h7-10,12,14,16-19,27,29,37H,11,13,15H2,1-6H3,(H,38,42)(H,39,41)(H,40,43). The number of H-pyrrole nitrogens is 1. The van der Waals surface area contributed by atoms with E-state index in [0.29, 0.717) is 46.8 Å².